The number of halogens is 6. The average molecular weight is 576 g/mol. The Kier molecular flexibility index (Phi) is 8.34. The van der Waals surface area contributed by atoms with Gasteiger partial charge in [-0.2, -0.15) is 31.1 Å². The van der Waals surface area contributed by atoms with Gasteiger partial charge in [-0.25, -0.2) is 4.58 Å². The van der Waals surface area contributed by atoms with Crippen molar-refractivity contribution in [3.8, 4) is 22.5 Å². The van der Waals surface area contributed by atoms with E-state index in [0.717, 1.165) is 15.7 Å². The molecule has 0 spiro atoms. The highest BCUT2D eigenvalue weighted by atomic mass is 19.4. The summed E-state index contributed by atoms with van der Waals surface area (Å²) in [6, 6.07) is 15.5. The van der Waals surface area contributed by atoms with Gasteiger partial charge in [-0.15, -0.1) is 0 Å². The van der Waals surface area contributed by atoms with Gasteiger partial charge in [0.15, 0.2) is 0 Å². The standard InChI is InChI=1S/C29H25F6N4O2/c1-3-38(16-28(30,31)32)18-9-11-22-25(13-18)41-26-14-19(39(4-2)17-29(33,34)35)10-12-23(26)27(22)21-8-6-5-7-20(21)24(40)15-37-36/h5-15H,3-4,16-17H2,1-2H3/q+1. The van der Waals surface area contributed by atoms with Crippen molar-refractivity contribution in [2.24, 2.45) is 0 Å². The molecule has 41 heavy (non-hydrogen) atoms. The highest BCUT2D eigenvalue weighted by Crippen LogP contribution is 2.42. The number of rotatable bonds is 8. The molecule has 0 unspecified atom stereocenters. The van der Waals surface area contributed by atoms with Gasteiger partial charge in [0.25, 0.3) is 5.78 Å². The van der Waals surface area contributed by atoms with Crippen LogP contribution in [0.25, 0.3) is 39.0 Å². The molecule has 1 aliphatic carbocycles. The molecule has 0 fully saturated rings. The fourth-order valence-corrected chi connectivity index (χ4v) is 4.79. The number of ketones is 1. The van der Waals surface area contributed by atoms with E-state index in [4.69, 9.17) is 9.95 Å². The summed E-state index contributed by atoms with van der Waals surface area (Å²) in [6.45, 7) is 0.874. The third kappa shape index (κ3) is 6.66. The lowest BCUT2D eigenvalue weighted by atomic mass is 9.89. The number of alkyl halides is 6. The maximum atomic E-state index is 13.2. The average Bonchev–Trinajstić information content (AvgIpc) is 2.92. The van der Waals surface area contributed by atoms with Crippen LogP contribution in [0.5, 0.6) is 0 Å². The van der Waals surface area contributed by atoms with E-state index in [9.17, 15) is 31.1 Å². The Hall–Kier alpha value is -4.44. The highest BCUT2D eigenvalue weighted by Gasteiger charge is 2.34. The van der Waals surface area contributed by atoms with E-state index in [1.165, 1.54) is 30.3 Å². The zero-order valence-corrected chi connectivity index (χ0v) is 22.1. The first kappa shape index (κ1) is 29.5. The van der Waals surface area contributed by atoms with Crippen LogP contribution in [0.15, 0.2) is 65.1 Å². The van der Waals surface area contributed by atoms with Crippen molar-refractivity contribution in [3.05, 3.63) is 77.1 Å². The summed E-state index contributed by atoms with van der Waals surface area (Å²) in [4.78, 5) is 16.7. The minimum Gasteiger partial charge on any atom is -0.456 e. The molecule has 0 aromatic heterocycles. The number of fused-ring (bicyclic) bond motifs is 2. The number of carbonyl (C=O) groups excluding carboxylic acids is 1. The van der Waals surface area contributed by atoms with Gasteiger partial charge in [0, 0.05) is 46.4 Å². The first-order valence-electron chi connectivity index (χ1n) is 12.6. The fraction of sp³-hybridized carbons (Fsp3) is 0.276. The van der Waals surface area contributed by atoms with Crippen LogP contribution >= 0.6 is 0 Å². The second-order valence-corrected chi connectivity index (χ2v) is 9.25. The zero-order chi connectivity index (χ0) is 29.9. The second kappa shape index (κ2) is 11.6. The topological polar surface area (TPSA) is 72.9 Å². The van der Waals surface area contributed by atoms with Gasteiger partial charge < -0.3 is 14.8 Å². The Labute approximate surface area is 230 Å². The molecule has 0 N–H and O–H groups in total. The smallest absolute Gasteiger partial charge is 0.448 e. The first-order valence-corrected chi connectivity index (χ1v) is 12.6. The van der Waals surface area contributed by atoms with E-state index in [2.05, 4.69) is 4.79 Å². The molecule has 0 saturated heterocycles. The van der Waals surface area contributed by atoms with E-state index in [-0.39, 0.29) is 41.0 Å². The minimum absolute atomic E-state index is 0.0519. The number of carbonyl (C=O) groups is 1. The molecule has 12 heteroatoms. The first-order chi connectivity index (χ1) is 19.3. The lowest BCUT2D eigenvalue weighted by Gasteiger charge is -2.25. The molecule has 2 aromatic rings. The van der Waals surface area contributed by atoms with Crippen molar-refractivity contribution in [1.29, 1.82) is 0 Å². The van der Waals surface area contributed by atoms with Crippen molar-refractivity contribution in [2.75, 3.05) is 31.1 Å². The van der Waals surface area contributed by atoms with Gasteiger partial charge in [-0.1, -0.05) is 24.3 Å². The van der Waals surface area contributed by atoms with E-state index < -0.39 is 31.2 Å². The van der Waals surface area contributed by atoms with Crippen LogP contribution in [0.2, 0.25) is 0 Å². The summed E-state index contributed by atoms with van der Waals surface area (Å²) >= 11 is 0. The molecule has 0 saturated carbocycles. The Morgan fingerprint density at radius 3 is 2.34 bits per heavy atom. The molecule has 1 heterocycles. The number of nitrogens with zero attached hydrogens (tertiary/aromatic N) is 4. The molecule has 1 aliphatic heterocycles. The molecule has 0 radical (unpaired) electrons. The van der Waals surface area contributed by atoms with Crippen LogP contribution in [0, 0.1) is 0 Å². The van der Waals surface area contributed by atoms with E-state index in [0.29, 0.717) is 22.1 Å². The third-order valence-electron chi connectivity index (χ3n) is 6.56. The van der Waals surface area contributed by atoms with Gasteiger partial charge in [0.2, 0.25) is 11.9 Å². The van der Waals surface area contributed by atoms with Gasteiger partial charge in [0.1, 0.15) is 24.4 Å². The van der Waals surface area contributed by atoms with Crippen molar-refractivity contribution >= 4 is 28.7 Å². The van der Waals surface area contributed by atoms with Crippen molar-refractivity contribution < 1.29 is 40.3 Å². The predicted molar refractivity (Wildman–Crippen MR) is 143 cm³/mol. The number of anilines is 1. The number of benzene rings is 3. The van der Waals surface area contributed by atoms with Crippen LogP contribution in [0.4, 0.5) is 32.0 Å². The van der Waals surface area contributed by atoms with Gasteiger partial charge in [-0.05, 0) is 37.6 Å². The Balaban J connectivity index is 2.08. The molecule has 0 bridgehead atoms. The van der Waals surface area contributed by atoms with Gasteiger partial charge in [0.05, 0.1) is 6.07 Å². The lowest BCUT2D eigenvalue weighted by Crippen LogP contribution is -2.37. The number of hydrogen-bond donors (Lipinski definition) is 0. The van der Waals surface area contributed by atoms with E-state index >= 15 is 0 Å². The molecule has 4 rings (SSSR count). The maximum Gasteiger partial charge on any atom is 0.448 e. The van der Waals surface area contributed by atoms with Crippen molar-refractivity contribution in [1.82, 2.24) is 4.58 Å². The maximum absolute atomic E-state index is 13.2. The molecule has 6 nitrogen and oxygen atoms in total. The summed E-state index contributed by atoms with van der Waals surface area (Å²) in [7, 11) is 0. The molecular weight excluding hydrogens is 550 g/mol. The van der Waals surface area contributed by atoms with Crippen LogP contribution in [-0.4, -0.2) is 55.3 Å². The van der Waals surface area contributed by atoms with Gasteiger partial charge >= 0.3 is 18.6 Å². The molecule has 214 valence electrons. The number of hydrogen-bond acceptors (Lipinski definition) is 3. The third-order valence-corrected chi connectivity index (χ3v) is 6.56. The Bertz CT molecular complexity index is 1680. The van der Waals surface area contributed by atoms with E-state index in [1.807, 2.05) is 0 Å². The monoisotopic (exact) mass is 575 g/mol. The molecule has 2 aromatic carbocycles. The van der Waals surface area contributed by atoms with Crippen LogP contribution in [0.3, 0.4) is 0 Å². The summed E-state index contributed by atoms with van der Waals surface area (Å²) in [5.74, 6) is -0.442. The zero-order valence-electron chi connectivity index (χ0n) is 22.1. The molecule has 0 atom stereocenters. The van der Waals surface area contributed by atoms with Crippen LogP contribution in [-0.2, 0) is 0 Å². The summed E-state index contributed by atoms with van der Waals surface area (Å²) < 4.78 is 86.6. The molecular formula is C29H25F6N4O2+. The fourth-order valence-electron chi connectivity index (χ4n) is 4.79. The highest BCUT2D eigenvalue weighted by molar-refractivity contribution is 6.35. The van der Waals surface area contributed by atoms with Crippen molar-refractivity contribution in [3.63, 3.8) is 0 Å². The largest absolute Gasteiger partial charge is 0.456 e. The summed E-state index contributed by atoms with van der Waals surface area (Å²) in [6.07, 6.45) is -8.18. The Morgan fingerprint density at radius 2 is 1.71 bits per heavy atom. The Morgan fingerprint density at radius 1 is 0.976 bits per heavy atom. The summed E-state index contributed by atoms with van der Waals surface area (Å²) in [5, 5.41) is 0.687. The quantitative estimate of drug-likeness (QED) is 0.0462. The van der Waals surface area contributed by atoms with Crippen LogP contribution in [0.1, 0.15) is 24.2 Å². The lowest BCUT2D eigenvalue weighted by molar-refractivity contribution is -0.128. The summed E-state index contributed by atoms with van der Waals surface area (Å²) in [5.41, 5.74) is 10.9. The predicted octanol–water partition coefficient (Wildman–Crippen LogP) is 6.43. The van der Waals surface area contributed by atoms with Gasteiger partial charge in [-0.3, -0.25) is 4.79 Å². The van der Waals surface area contributed by atoms with Crippen molar-refractivity contribution in [2.45, 2.75) is 26.2 Å². The van der Waals surface area contributed by atoms with E-state index in [1.54, 1.807) is 44.2 Å². The van der Waals surface area contributed by atoms with Crippen LogP contribution < -0.4 is 14.8 Å². The SMILES string of the molecule is CCN(CC(F)(F)F)c1ccc2c(-c3ccccc3C(=O)C=[N+]=[N-])c3ccc(=[N+](CC)CC(F)(F)F)cc-3oc2c1. The molecule has 0 amide bonds. The number of Topliss-reactive ketones (excluding diaryl/α,β-unsaturated/α-hetero) is 1. The normalized spacial score (nSPS) is 12.8. The minimum atomic E-state index is -4.46. The molecule has 2 aliphatic rings. The second-order valence-electron chi connectivity index (χ2n) is 9.25.